The first kappa shape index (κ1) is 13.5. The van der Waals surface area contributed by atoms with Gasteiger partial charge in [-0.15, -0.1) is 11.8 Å². The van der Waals surface area contributed by atoms with Crippen molar-refractivity contribution in [1.82, 2.24) is 0 Å². The van der Waals surface area contributed by atoms with Crippen molar-refractivity contribution in [2.45, 2.75) is 48.6 Å². The van der Waals surface area contributed by atoms with E-state index in [0.717, 1.165) is 19.4 Å². The predicted octanol–water partition coefficient (Wildman–Crippen LogP) is 3.76. The Balaban J connectivity index is 1.69. The molecule has 1 heterocycles. The smallest absolute Gasteiger partial charge is 0.0686 e. The van der Waals surface area contributed by atoms with E-state index in [9.17, 15) is 0 Å². The van der Waals surface area contributed by atoms with Gasteiger partial charge >= 0.3 is 0 Å². The van der Waals surface area contributed by atoms with Crippen LogP contribution in [0.15, 0.2) is 29.2 Å². The maximum Gasteiger partial charge on any atom is 0.0686 e. The lowest BCUT2D eigenvalue weighted by atomic mass is 9.70. The fraction of sp³-hybridized carbons (Fsp3) is 0.625. The van der Waals surface area contributed by atoms with E-state index in [-0.39, 0.29) is 11.6 Å². The fourth-order valence-electron chi connectivity index (χ4n) is 3.39. The Bertz CT molecular complexity index is 427. The quantitative estimate of drug-likeness (QED) is 0.854. The van der Waals surface area contributed by atoms with Crippen LogP contribution in [0.5, 0.6) is 0 Å². The van der Waals surface area contributed by atoms with E-state index in [1.165, 1.54) is 29.7 Å². The number of rotatable bonds is 3. The molecule has 0 aromatic heterocycles. The van der Waals surface area contributed by atoms with Crippen molar-refractivity contribution in [2.75, 3.05) is 12.9 Å². The van der Waals surface area contributed by atoms with Gasteiger partial charge in [0.15, 0.2) is 0 Å². The van der Waals surface area contributed by atoms with Crippen molar-refractivity contribution in [3.8, 4) is 0 Å². The third-order valence-electron chi connectivity index (χ3n) is 4.80. The maximum atomic E-state index is 6.50. The van der Waals surface area contributed by atoms with Gasteiger partial charge in [0.25, 0.3) is 0 Å². The van der Waals surface area contributed by atoms with Crippen LogP contribution in [0, 0.1) is 5.92 Å². The number of ether oxygens (including phenoxy) is 1. The number of hydrogen-bond donors (Lipinski definition) is 1. The molecule has 2 unspecified atom stereocenters. The van der Waals surface area contributed by atoms with Gasteiger partial charge in [-0.05, 0) is 62.0 Å². The number of thioether (sulfide) groups is 1. The van der Waals surface area contributed by atoms with E-state index in [1.807, 2.05) is 0 Å². The van der Waals surface area contributed by atoms with Crippen LogP contribution in [0.3, 0.4) is 0 Å². The molecule has 1 saturated carbocycles. The van der Waals surface area contributed by atoms with Gasteiger partial charge in [0.1, 0.15) is 0 Å². The normalized spacial score (nSPS) is 26.9. The van der Waals surface area contributed by atoms with Gasteiger partial charge in [0, 0.05) is 17.5 Å². The highest BCUT2D eigenvalue weighted by Gasteiger charge is 2.43. The fourth-order valence-corrected chi connectivity index (χ4v) is 3.80. The van der Waals surface area contributed by atoms with Crippen LogP contribution >= 0.6 is 11.8 Å². The third-order valence-corrected chi connectivity index (χ3v) is 5.55. The molecule has 2 nitrogen and oxygen atoms in total. The van der Waals surface area contributed by atoms with Crippen LogP contribution in [-0.4, -0.2) is 18.5 Å². The Morgan fingerprint density at radius 2 is 2.05 bits per heavy atom. The molecule has 1 aromatic carbocycles. The molecule has 1 aromatic rings. The lowest BCUT2D eigenvalue weighted by Crippen LogP contribution is -2.47. The summed E-state index contributed by atoms with van der Waals surface area (Å²) in [4.78, 5) is 1.30. The summed E-state index contributed by atoms with van der Waals surface area (Å²) in [6.45, 7) is 0.890. The average Bonchev–Trinajstić information content (AvgIpc) is 2.45. The van der Waals surface area contributed by atoms with E-state index in [1.54, 1.807) is 11.8 Å². The highest BCUT2D eigenvalue weighted by molar-refractivity contribution is 7.98. The molecule has 1 spiro atoms. The van der Waals surface area contributed by atoms with Crippen molar-refractivity contribution in [1.29, 1.82) is 0 Å². The summed E-state index contributed by atoms with van der Waals surface area (Å²) in [6, 6.07) is 8.91. The van der Waals surface area contributed by atoms with E-state index in [4.69, 9.17) is 10.5 Å². The molecule has 3 heteroatoms. The van der Waals surface area contributed by atoms with E-state index < -0.39 is 0 Å². The van der Waals surface area contributed by atoms with Gasteiger partial charge in [0.2, 0.25) is 0 Å². The van der Waals surface area contributed by atoms with Crippen LogP contribution < -0.4 is 5.73 Å². The van der Waals surface area contributed by atoms with E-state index in [2.05, 4.69) is 30.5 Å². The zero-order valence-corrected chi connectivity index (χ0v) is 12.4. The highest BCUT2D eigenvalue weighted by Crippen LogP contribution is 2.46. The minimum Gasteiger partial charge on any atom is -0.375 e. The van der Waals surface area contributed by atoms with Gasteiger partial charge in [-0.2, -0.15) is 0 Å². The molecule has 0 bridgehead atoms. The summed E-state index contributed by atoms with van der Waals surface area (Å²) in [5, 5.41) is 0. The minimum absolute atomic E-state index is 0.164. The van der Waals surface area contributed by atoms with Gasteiger partial charge in [-0.3, -0.25) is 0 Å². The molecule has 19 heavy (non-hydrogen) atoms. The monoisotopic (exact) mass is 277 g/mol. The van der Waals surface area contributed by atoms with Crippen LogP contribution in [0.1, 0.15) is 43.7 Å². The molecule has 2 N–H and O–H groups in total. The first-order valence-corrected chi connectivity index (χ1v) is 8.48. The Morgan fingerprint density at radius 3 is 2.63 bits per heavy atom. The first-order valence-electron chi connectivity index (χ1n) is 7.26. The van der Waals surface area contributed by atoms with Crippen LogP contribution in [-0.2, 0) is 4.74 Å². The Kier molecular flexibility index (Phi) is 3.88. The summed E-state index contributed by atoms with van der Waals surface area (Å²) < 4.78 is 6.00. The maximum absolute atomic E-state index is 6.50. The van der Waals surface area contributed by atoms with E-state index in [0.29, 0.717) is 5.92 Å². The summed E-state index contributed by atoms with van der Waals surface area (Å²) >= 11 is 1.78. The van der Waals surface area contributed by atoms with Gasteiger partial charge in [-0.25, -0.2) is 0 Å². The molecule has 1 aliphatic carbocycles. The number of hydrogen-bond acceptors (Lipinski definition) is 3. The van der Waals surface area contributed by atoms with Crippen molar-refractivity contribution >= 4 is 11.8 Å². The van der Waals surface area contributed by atoms with Crippen LogP contribution in [0.25, 0.3) is 0 Å². The second-order valence-corrected chi connectivity index (χ2v) is 6.82. The second-order valence-electron chi connectivity index (χ2n) is 5.94. The van der Waals surface area contributed by atoms with Gasteiger partial charge in [0.05, 0.1) is 5.60 Å². The molecule has 2 aliphatic rings. The summed E-state index contributed by atoms with van der Waals surface area (Å²) in [6.07, 6.45) is 8.16. The summed E-state index contributed by atoms with van der Waals surface area (Å²) in [7, 11) is 0. The standard InChI is InChI=1S/C16H23NOS/c1-19-14-5-3-12(4-6-14)15(17)13-7-10-18-16(11-13)8-2-9-16/h3-6,13,15H,2,7-11,17H2,1H3. The van der Waals surface area contributed by atoms with E-state index >= 15 is 0 Å². The first-order chi connectivity index (χ1) is 9.22. The highest BCUT2D eigenvalue weighted by atomic mass is 32.2. The van der Waals surface area contributed by atoms with Crippen molar-refractivity contribution < 1.29 is 4.74 Å². The molecule has 1 saturated heterocycles. The lowest BCUT2D eigenvalue weighted by Gasteiger charge is -2.48. The topological polar surface area (TPSA) is 35.2 Å². The average molecular weight is 277 g/mol. The van der Waals surface area contributed by atoms with Gasteiger partial charge in [-0.1, -0.05) is 12.1 Å². The number of benzene rings is 1. The molecule has 3 rings (SSSR count). The van der Waals surface area contributed by atoms with Crippen molar-refractivity contribution in [3.63, 3.8) is 0 Å². The van der Waals surface area contributed by atoms with Gasteiger partial charge < -0.3 is 10.5 Å². The molecular formula is C16H23NOS. The SMILES string of the molecule is CSc1ccc(C(N)C2CCOC3(CCC3)C2)cc1. The Hall–Kier alpha value is -0.510. The molecule has 0 amide bonds. The van der Waals surface area contributed by atoms with Crippen molar-refractivity contribution in [2.24, 2.45) is 11.7 Å². The molecule has 2 atom stereocenters. The zero-order chi connectivity index (χ0) is 13.3. The molecule has 2 fully saturated rings. The Labute approximate surface area is 120 Å². The largest absolute Gasteiger partial charge is 0.375 e. The lowest BCUT2D eigenvalue weighted by molar-refractivity contribution is -0.146. The Morgan fingerprint density at radius 1 is 1.32 bits per heavy atom. The van der Waals surface area contributed by atoms with Crippen LogP contribution in [0.4, 0.5) is 0 Å². The molecule has 104 valence electrons. The summed E-state index contributed by atoms with van der Waals surface area (Å²) in [5.74, 6) is 0.578. The predicted molar refractivity (Wildman–Crippen MR) is 80.4 cm³/mol. The molecule has 0 radical (unpaired) electrons. The second kappa shape index (κ2) is 5.47. The third kappa shape index (κ3) is 2.69. The van der Waals surface area contributed by atoms with Crippen LogP contribution in [0.2, 0.25) is 0 Å². The van der Waals surface area contributed by atoms with Crippen molar-refractivity contribution in [3.05, 3.63) is 29.8 Å². The number of nitrogens with two attached hydrogens (primary N) is 1. The summed E-state index contributed by atoms with van der Waals surface area (Å²) in [5.41, 5.74) is 7.97. The minimum atomic E-state index is 0.164. The zero-order valence-electron chi connectivity index (χ0n) is 11.6. The molecule has 1 aliphatic heterocycles. The molecular weight excluding hydrogens is 254 g/mol.